The van der Waals surface area contributed by atoms with E-state index in [-0.39, 0.29) is 33.7 Å². The van der Waals surface area contributed by atoms with Crippen molar-refractivity contribution in [2.45, 2.75) is 33.7 Å². The molecule has 0 fully saturated rings. The van der Waals surface area contributed by atoms with Gasteiger partial charge in [0.2, 0.25) is 0 Å². The standard InChI is InChI=1S/C18H22Cl2N2O5/c1-5-25-15-10(8-11(19)16(13(15)20)26-6-2)14-12(17(23)27-7-3)9(4)21-18(24)22-14/h8,14H,5-7H2,1-4H3,(H2,21,22,24). The Hall–Kier alpha value is -2.12. The lowest BCUT2D eigenvalue weighted by Crippen LogP contribution is -2.45. The minimum atomic E-state index is -0.843. The van der Waals surface area contributed by atoms with E-state index in [0.717, 1.165) is 0 Å². The number of hydrogen-bond acceptors (Lipinski definition) is 5. The average Bonchev–Trinajstić information content (AvgIpc) is 2.60. The van der Waals surface area contributed by atoms with Crippen LogP contribution in [-0.4, -0.2) is 31.8 Å². The topological polar surface area (TPSA) is 85.9 Å². The lowest BCUT2D eigenvalue weighted by molar-refractivity contribution is -0.139. The molecule has 1 atom stereocenters. The van der Waals surface area contributed by atoms with Crippen molar-refractivity contribution in [1.29, 1.82) is 0 Å². The first-order chi connectivity index (χ1) is 12.8. The third kappa shape index (κ3) is 4.42. The van der Waals surface area contributed by atoms with Crippen LogP contribution in [-0.2, 0) is 9.53 Å². The molecule has 1 aromatic carbocycles. The van der Waals surface area contributed by atoms with E-state index >= 15 is 0 Å². The van der Waals surface area contributed by atoms with Crippen molar-refractivity contribution in [2.24, 2.45) is 0 Å². The number of carbonyl (C=O) groups excluding carboxylic acids is 2. The summed E-state index contributed by atoms with van der Waals surface area (Å²) >= 11 is 12.8. The van der Waals surface area contributed by atoms with Crippen LogP contribution in [0.4, 0.5) is 4.79 Å². The maximum Gasteiger partial charge on any atom is 0.338 e. The second-order valence-corrected chi connectivity index (χ2v) is 6.36. The normalized spacial score (nSPS) is 16.5. The van der Waals surface area contributed by atoms with Crippen LogP contribution in [0.3, 0.4) is 0 Å². The minimum absolute atomic E-state index is 0.176. The van der Waals surface area contributed by atoms with Gasteiger partial charge in [0.1, 0.15) is 10.8 Å². The van der Waals surface area contributed by atoms with E-state index in [1.54, 1.807) is 33.8 Å². The number of benzene rings is 1. The number of esters is 1. The van der Waals surface area contributed by atoms with Crippen molar-refractivity contribution in [3.63, 3.8) is 0 Å². The highest BCUT2D eigenvalue weighted by molar-refractivity contribution is 6.38. The molecule has 0 aromatic heterocycles. The first-order valence-corrected chi connectivity index (χ1v) is 9.34. The van der Waals surface area contributed by atoms with Gasteiger partial charge in [0.25, 0.3) is 0 Å². The number of allylic oxidation sites excluding steroid dienone is 1. The molecule has 2 amide bonds. The Morgan fingerprint density at radius 1 is 1.11 bits per heavy atom. The largest absolute Gasteiger partial charge is 0.492 e. The molecule has 1 unspecified atom stereocenters. The Morgan fingerprint density at radius 2 is 1.74 bits per heavy atom. The molecule has 0 bridgehead atoms. The number of ether oxygens (including phenoxy) is 3. The molecule has 1 aliphatic heterocycles. The Bertz CT molecular complexity index is 780. The van der Waals surface area contributed by atoms with Crippen molar-refractivity contribution >= 4 is 35.2 Å². The fourth-order valence-electron chi connectivity index (χ4n) is 2.79. The SMILES string of the molecule is CCOC(=O)C1=C(C)NC(=O)NC1c1cc(Cl)c(OCC)c(Cl)c1OCC. The lowest BCUT2D eigenvalue weighted by atomic mass is 9.94. The number of hydrogen-bond donors (Lipinski definition) is 2. The monoisotopic (exact) mass is 416 g/mol. The van der Waals surface area contributed by atoms with Crippen LogP contribution in [0.2, 0.25) is 10.0 Å². The molecule has 0 saturated carbocycles. The van der Waals surface area contributed by atoms with Crippen LogP contribution in [0, 0.1) is 0 Å². The maximum absolute atomic E-state index is 12.5. The summed E-state index contributed by atoms with van der Waals surface area (Å²) in [5.41, 5.74) is 1.06. The number of carbonyl (C=O) groups is 2. The molecule has 1 heterocycles. The van der Waals surface area contributed by atoms with E-state index in [4.69, 9.17) is 37.4 Å². The van der Waals surface area contributed by atoms with E-state index in [9.17, 15) is 9.59 Å². The van der Waals surface area contributed by atoms with Crippen LogP contribution >= 0.6 is 23.2 Å². The predicted molar refractivity (Wildman–Crippen MR) is 103 cm³/mol. The number of urea groups is 1. The van der Waals surface area contributed by atoms with Crippen molar-refractivity contribution in [2.75, 3.05) is 19.8 Å². The van der Waals surface area contributed by atoms with E-state index in [2.05, 4.69) is 10.6 Å². The summed E-state index contributed by atoms with van der Waals surface area (Å²) < 4.78 is 16.4. The molecule has 148 valence electrons. The molecule has 2 N–H and O–H groups in total. The predicted octanol–water partition coefficient (Wildman–Crippen LogP) is 3.98. The average molecular weight is 417 g/mol. The second-order valence-electron chi connectivity index (χ2n) is 5.58. The number of rotatable bonds is 7. The zero-order valence-electron chi connectivity index (χ0n) is 15.6. The van der Waals surface area contributed by atoms with Gasteiger partial charge in [0.15, 0.2) is 5.75 Å². The Labute approximate surface area is 167 Å². The number of amides is 2. The highest BCUT2D eigenvalue weighted by Gasteiger charge is 2.35. The van der Waals surface area contributed by atoms with Crippen molar-refractivity contribution < 1.29 is 23.8 Å². The highest BCUT2D eigenvalue weighted by atomic mass is 35.5. The number of halogens is 2. The summed E-state index contributed by atoms with van der Waals surface area (Å²) in [7, 11) is 0. The molecule has 7 nitrogen and oxygen atoms in total. The van der Waals surface area contributed by atoms with Gasteiger partial charge in [0.05, 0.1) is 36.5 Å². The van der Waals surface area contributed by atoms with Gasteiger partial charge in [-0.15, -0.1) is 0 Å². The van der Waals surface area contributed by atoms with Crippen LogP contribution in [0.5, 0.6) is 11.5 Å². The maximum atomic E-state index is 12.5. The molecule has 9 heteroatoms. The van der Waals surface area contributed by atoms with E-state index in [0.29, 0.717) is 24.5 Å². The molecular formula is C18H22Cl2N2O5. The fourth-order valence-corrected chi connectivity index (χ4v) is 3.43. The van der Waals surface area contributed by atoms with Gasteiger partial charge in [-0.25, -0.2) is 9.59 Å². The van der Waals surface area contributed by atoms with Crippen LogP contribution in [0.15, 0.2) is 17.3 Å². The summed E-state index contributed by atoms with van der Waals surface area (Å²) in [5, 5.41) is 5.71. The van der Waals surface area contributed by atoms with Crippen LogP contribution < -0.4 is 20.1 Å². The van der Waals surface area contributed by atoms with Gasteiger partial charge in [0, 0.05) is 11.3 Å². The molecule has 1 aromatic rings. The van der Waals surface area contributed by atoms with Gasteiger partial charge >= 0.3 is 12.0 Å². The zero-order chi connectivity index (χ0) is 20.1. The minimum Gasteiger partial charge on any atom is -0.492 e. The molecule has 0 saturated heterocycles. The van der Waals surface area contributed by atoms with Crippen molar-refractivity contribution in [1.82, 2.24) is 10.6 Å². The van der Waals surface area contributed by atoms with Gasteiger partial charge in [-0.3, -0.25) is 0 Å². The lowest BCUT2D eigenvalue weighted by Gasteiger charge is -2.30. The molecule has 0 radical (unpaired) electrons. The first kappa shape index (κ1) is 21.2. The quantitative estimate of drug-likeness (QED) is 0.656. The zero-order valence-corrected chi connectivity index (χ0v) is 17.1. The summed E-state index contributed by atoms with van der Waals surface area (Å²) in [6, 6.07) is 0.269. The Morgan fingerprint density at radius 3 is 2.33 bits per heavy atom. The molecule has 0 spiro atoms. The molecular weight excluding hydrogens is 395 g/mol. The second kappa shape index (κ2) is 9.19. The van der Waals surface area contributed by atoms with Crippen LogP contribution in [0.1, 0.15) is 39.3 Å². The Balaban J connectivity index is 2.67. The van der Waals surface area contributed by atoms with E-state index in [1.165, 1.54) is 0 Å². The fraction of sp³-hybridized carbons (Fsp3) is 0.444. The molecule has 27 heavy (non-hydrogen) atoms. The smallest absolute Gasteiger partial charge is 0.338 e. The summed E-state index contributed by atoms with van der Waals surface area (Å²) in [4.78, 5) is 24.6. The third-order valence-corrected chi connectivity index (χ3v) is 4.44. The third-order valence-electron chi connectivity index (χ3n) is 3.81. The summed E-state index contributed by atoms with van der Waals surface area (Å²) in [5.74, 6) is 0.0107. The van der Waals surface area contributed by atoms with Gasteiger partial charge in [-0.05, 0) is 33.8 Å². The van der Waals surface area contributed by atoms with Gasteiger partial charge < -0.3 is 24.8 Å². The van der Waals surface area contributed by atoms with Crippen LogP contribution in [0.25, 0.3) is 0 Å². The van der Waals surface area contributed by atoms with E-state index in [1.807, 2.05) is 0 Å². The number of nitrogens with one attached hydrogen (secondary N) is 2. The Kier molecular flexibility index (Phi) is 7.21. The van der Waals surface area contributed by atoms with Crippen molar-refractivity contribution in [3.8, 4) is 11.5 Å². The van der Waals surface area contributed by atoms with Crippen molar-refractivity contribution in [3.05, 3.63) is 32.9 Å². The molecule has 2 rings (SSSR count). The first-order valence-electron chi connectivity index (χ1n) is 8.58. The summed E-state index contributed by atoms with van der Waals surface area (Å²) in [6.07, 6.45) is 0. The van der Waals surface area contributed by atoms with Gasteiger partial charge in [-0.2, -0.15) is 0 Å². The highest BCUT2D eigenvalue weighted by Crippen LogP contribution is 2.46. The van der Waals surface area contributed by atoms with Gasteiger partial charge in [-0.1, -0.05) is 23.2 Å². The summed E-state index contributed by atoms with van der Waals surface area (Å²) in [6.45, 7) is 7.80. The molecule has 1 aliphatic rings. The molecule has 0 aliphatic carbocycles. The van der Waals surface area contributed by atoms with E-state index < -0.39 is 18.0 Å².